The molecule has 0 unspecified atom stereocenters. The summed E-state index contributed by atoms with van der Waals surface area (Å²) in [6.07, 6.45) is 3.68. The molecule has 1 fully saturated rings. The average Bonchev–Trinajstić information content (AvgIpc) is 2.56. The van der Waals surface area contributed by atoms with E-state index in [0.717, 1.165) is 19.4 Å². The van der Waals surface area contributed by atoms with E-state index < -0.39 is 0 Å². The molecule has 0 radical (unpaired) electrons. The molecule has 1 N–H and O–H groups in total. The number of methoxy groups -OCH3 is 1. The number of hydrogen-bond acceptors (Lipinski definition) is 5. The summed E-state index contributed by atoms with van der Waals surface area (Å²) in [7, 11) is 1.60. The van der Waals surface area contributed by atoms with Crippen LogP contribution in [-0.4, -0.2) is 29.7 Å². The third kappa shape index (κ3) is 3.49. The molecule has 1 aliphatic heterocycles. The lowest BCUT2D eigenvalue weighted by Gasteiger charge is -2.30. The van der Waals surface area contributed by atoms with Crippen LogP contribution in [0.5, 0.6) is 5.88 Å². The zero-order chi connectivity index (χ0) is 14.5. The summed E-state index contributed by atoms with van der Waals surface area (Å²) in [5.41, 5.74) is 1.22. The molecule has 0 spiro atoms. The van der Waals surface area contributed by atoms with Gasteiger partial charge >= 0.3 is 0 Å². The summed E-state index contributed by atoms with van der Waals surface area (Å²) in [6.45, 7) is 0.737. The van der Waals surface area contributed by atoms with Gasteiger partial charge in [-0.3, -0.25) is 0 Å². The van der Waals surface area contributed by atoms with Gasteiger partial charge in [0.15, 0.2) is 0 Å². The van der Waals surface area contributed by atoms with Crippen molar-refractivity contribution in [1.29, 1.82) is 0 Å². The first-order valence-electron chi connectivity index (χ1n) is 7.15. The number of hydrogen-bond donors (Lipinski definition) is 1. The van der Waals surface area contributed by atoms with Crippen molar-refractivity contribution >= 4 is 5.95 Å². The highest BCUT2D eigenvalue weighted by Crippen LogP contribution is 2.29. The van der Waals surface area contributed by atoms with Crippen LogP contribution in [0.15, 0.2) is 42.6 Å². The van der Waals surface area contributed by atoms with Crippen LogP contribution in [-0.2, 0) is 4.74 Å². The summed E-state index contributed by atoms with van der Waals surface area (Å²) in [5, 5.41) is 3.37. The lowest BCUT2D eigenvalue weighted by atomic mass is 9.97. The van der Waals surface area contributed by atoms with E-state index in [0.29, 0.717) is 17.9 Å². The van der Waals surface area contributed by atoms with Crippen LogP contribution < -0.4 is 10.1 Å². The highest BCUT2D eigenvalue weighted by molar-refractivity contribution is 5.29. The molecule has 5 nitrogen and oxygen atoms in total. The SMILES string of the molecule is COc1ccnc(N[C@@H]2CCO[C@H](c3ccccc3)C2)n1. The van der Waals surface area contributed by atoms with Gasteiger partial charge in [0.05, 0.1) is 13.2 Å². The van der Waals surface area contributed by atoms with Crippen LogP contribution in [0.4, 0.5) is 5.95 Å². The molecule has 3 rings (SSSR count). The highest BCUT2D eigenvalue weighted by atomic mass is 16.5. The maximum absolute atomic E-state index is 5.87. The van der Waals surface area contributed by atoms with Crippen LogP contribution >= 0.6 is 0 Å². The van der Waals surface area contributed by atoms with Gasteiger partial charge in [-0.1, -0.05) is 30.3 Å². The number of aromatic nitrogens is 2. The Hall–Kier alpha value is -2.14. The normalized spacial score (nSPS) is 21.8. The van der Waals surface area contributed by atoms with Crippen LogP contribution in [0.1, 0.15) is 24.5 Å². The van der Waals surface area contributed by atoms with Crippen molar-refractivity contribution in [3.8, 4) is 5.88 Å². The molecule has 0 saturated carbocycles. The van der Waals surface area contributed by atoms with Crippen molar-refractivity contribution in [2.24, 2.45) is 0 Å². The molecule has 110 valence electrons. The number of anilines is 1. The fourth-order valence-corrected chi connectivity index (χ4v) is 2.54. The third-order valence-electron chi connectivity index (χ3n) is 3.63. The standard InChI is InChI=1S/C16H19N3O2/c1-20-15-7-9-17-16(19-15)18-13-8-10-21-14(11-13)12-5-3-2-4-6-12/h2-7,9,13-14H,8,10-11H2,1H3,(H,17,18,19)/t13-,14+/m1/s1. The van der Waals surface area contributed by atoms with Crippen molar-refractivity contribution in [3.63, 3.8) is 0 Å². The Morgan fingerprint density at radius 2 is 2.10 bits per heavy atom. The summed E-state index contributed by atoms with van der Waals surface area (Å²) in [6, 6.07) is 12.4. The lowest BCUT2D eigenvalue weighted by molar-refractivity contribution is 0.00968. The van der Waals surface area contributed by atoms with Gasteiger partial charge in [-0.05, 0) is 18.4 Å². The van der Waals surface area contributed by atoms with Gasteiger partial charge in [-0.15, -0.1) is 0 Å². The maximum Gasteiger partial charge on any atom is 0.226 e. The maximum atomic E-state index is 5.87. The second-order valence-electron chi connectivity index (χ2n) is 5.06. The Morgan fingerprint density at radius 1 is 1.24 bits per heavy atom. The van der Waals surface area contributed by atoms with Gasteiger partial charge in [0.25, 0.3) is 0 Å². The number of ether oxygens (including phenoxy) is 2. The van der Waals surface area contributed by atoms with E-state index in [2.05, 4.69) is 27.4 Å². The van der Waals surface area contributed by atoms with Gasteiger partial charge in [0.1, 0.15) is 0 Å². The molecule has 1 aromatic carbocycles. The summed E-state index contributed by atoms with van der Waals surface area (Å²) < 4.78 is 11.0. The Labute approximate surface area is 124 Å². The smallest absolute Gasteiger partial charge is 0.226 e. The predicted octanol–water partition coefficient (Wildman–Crippen LogP) is 2.82. The van der Waals surface area contributed by atoms with E-state index in [1.165, 1.54) is 5.56 Å². The summed E-state index contributed by atoms with van der Waals surface area (Å²) in [4.78, 5) is 8.53. The Balaban J connectivity index is 1.66. The minimum Gasteiger partial charge on any atom is -0.481 e. The van der Waals surface area contributed by atoms with E-state index in [9.17, 15) is 0 Å². The molecular weight excluding hydrogens is 266 g/mol. The van der Waals surface area contributed by atoms with E-state index in [-0.39, 0.29) is 6.10 Å². The van der Waals surface area contributed by atoms with Gasteiger partial charge in [0, 0.05) is 24.9 Å². The van der Waals surface area contributed by atoms with Gasteiger partial charge in [-0.2, -0.15) is 4.98 Å². The quantitative estimate of drug-likeness (QED) is 0.936. The van der Waals surface area contributed by atoms with Crippen LogP contribution in [0.25, 0.3) is 0 Å². The van der Waals surface area contributed by atoms with Crippen molar-refractivity contribution in [2.75, 3.05) is 19.0 Å². The number of nitrogens with one attached hydrogen (secondary N) is 1. The number of rotatable bonds is 4. The summed E-state index contributed by atoms with van der Waals surface area (Å²) in [5.74, 6) is 1.17. The predicted molar refractivity (Wildman–Crippen MR) is 80.4 cm³/mol. The van der Waals surface area contributed by atoms with Gasteiger partial charge < -0.3 is 14.8 Å². The molecule has 0 amide bonds. The monoisotopic (exact) mass is 285 g/mol. The first-order valence-corrected chi connectivity index (χ1v) is 7.15. The van der Waals surface area contributed by atoms with Crippen molar-refractivity contribution in [3.05, 3.63) is 48.2 Å². The van der Waals surface area contributed by atoms with Crippen molar-refractivity contribution < 1.29 is 9.47 Å². The van der Waals surface area contributed by atoms with Crippen LogP contribution in [0.2, 0.25) is 0 Å². The molecule has 0 bridgehead atoms. The number of nitrogens with zero attached hydrogens (tertiary/aromatic N) is 2. The van der Waals surface area contributed by atoms with E-state index >= 15 is 0 Å². The second-order valence-corrected chi connectivity index (χ2v) is 5.06. The Kier molecular flexibility index (Phi) is 4.31. The molecule has 0 aliphatic carbocycles. The summed E-state index contributed by atoms with van der Waals surface area (Å²) >= 11 is 0. The van der Waals surface area contributed by atoms with E-state index in [1.807, 2.05) is 18.2 Å². The largest absolute Gasteiger partial charge is 0.481 e. The topological polar surface area (TPSA) is 56.3 Å². The van der Waals surface area contributed by atoms with Crippen molar-refractivity contribution in [1.82, 2.24) is 9.97 Å². The van der Waals surface area contributed by atoms with E-state index in [4.69, 9.17) is 9.47 Å². The zero-order valence-electron chi connectivity index (χ0n) is 12.0. The molecule has 2 aromatic rings. The number of benzene rings is 1. The molecule has 1 aromatic heterocycles. The third-order valence-corrected chi connectivity index (χ3v) is 3.63. The van der Waals surface area contributed by atoms with E-state index in [1.54, 1.807) is 19.4 Å². The molecular formula is C16H19N3O2. The Bertz CT molecular complexity index is 577. The molecule has 1 saturated heterocycles. The fourth-order valence-electron chi connectivity index (χ4n) is 2.54. The first kappa shape index (κ1) is 13.8. The fraction of sp³-hybridized carbons (Fsp3) is 0.375. The molecule has 2 atom stereocenters. The molecule has 5 heteroatoms. The van der Waals surface area contributed by atoms with Crippen LogP contribution in [0.3, 0.4) is 0 Å². The van der Waals surface area contributed by atoms with Gasteiger partial charge in [-0.25, -0.2) is 4.98 Å². The minimum absolute atomic E-state index is 0.128. The average molecular weight is 285 g/mol. The zero-order valence-corrected chi connectivity index (χ0v) is 12.0. The van der Waals surface area contributed by atoms with Crippen molar-refractivity contribution in [2.45, 2.75) is 25.0 Å². The Morgan fingerprint density at radius 3 is 2.90 bits per heavy atom. The molecule has 2 heterocycles. The van der Waals surface area contributed by atoms with Crippen LogP contribution in [0, 0.1) is 0 Å². The first-order chi connectivity index (χ1) is 10.3. The van der Waals surface area contributed by atoms with Gasteiger partial charge in [0.2, 0.25) is 11.8 Å². The molecule has 1 aliphatic rings. The lowest BCUT2D eigenvalue weighted by Crippen LogP contribution is -2.30. The highest BCUT2D eigenvalue weighted by Gasteiger charge is 2.24. The minimum atomic E-state index is 0.128. The molecule has 21 heavy (non-hydrogen) atoms. The second kappa shape index (κ2) is 6.54.